The van der Waals surface area contributed by atoms with E-state index in [0.29, 0.717) is 6.16 Å². The highest BCUT2D eigenvalue weighted by Gasteiger charge is 2.22. The standard InChI is InChI=1S/C11H17O2P/c1-4-9-14(12,13-3)11-7-5-10(2)6-8-11/h5-8H,4,9H2,1-3H3. The van der Waals surface area contributed by atoms with Crippen LogP contribution in [0.2, 0.25) is 0 Å². The summed E-state index contributed by atoms with van der Waals surface area (Å²) in [5.41, 5.74) is 1.17. The predicted octanol–water partition coefficient (Wildman–Crippen LogP) is 2.95. The van der Waals surface area contributed by atoms with E-state index in [9.17, 15) is 4.57 Å². The second-order valence-electron chi connectivity index (χ2n) is 3.42. The van der Waals surface area contributed by atoms with Gasteiger partial charge < -0.3 is 4.52 Å². The topological polar surface area (TPSA) is 26.3 Å². The molecule has 0 radical (unpaired) electrons. The second kappa shape index (κ2) is 4.77. The van der Waals surface area contributed by atoms with Crippen molar-refractivity contribution < 1.29 is 9.09 Å². The van der Waals surface area contributed by atoms with Crippen LogP contribution >= 0.6 is 7.37 Å². The molecule has 0 N–H and O–H groups in total. The zero-order valence-corrected chi connectivity index (χ0v) is 9.88. The summed E-state index contributed by atoms with van der Waals surface area (Å²) in [4.78, 5) is 0. The highest BCUT2D eigenvalue weighted by molar-refractivity contribution is 7.66. The largest absolute Gasteiger partial charge is 0.329 e. The van der Waals surface area contributed by atoms with Crippen LogP contribution in [0.15, 0.2) is 24.3 Å². The molecule has 0 bridgehead atoms. The molecule has 3 heteroatoms. The fourth-order valence-electron chi connectivity index (χ4n) is 1.39. The van der Waals surface area contributed by atoms with E-state index in [4.69, 9.17) is 4.52 Å². The molecule has 1 unspecified atom stereocenters. The van der Waals surface area contributed by atoms with Gasteiger partial charge in [-0.05, 0) is 25.5 Å². The van der Waals surface area contributed by atoms with E-state index in [1.165, 1.54) is 12.7 Å². The molecular weight excluding hydrogens is 195 g/mol. The summed E-state index contributed by atoms with van der Waals surface area (Å²) in [6, 6.07) is 7.73. The lowest BCUT2D eigenvalue weighted by Gasteiger charge is -2.15. The smallest absolute Gasteiger partial charge is 0.231 e. The predicted molar refractivity (Wildman–Crippen MR) is 60.6 cm³/mol. The Morgan fingerprint density at radius 3 is 2.29 bits per heavy atom. The summed E-state index contributed by atoms with van der Waals surface area (Å²) < 4.78 is 17.4. The van der Waals surface area contributed by atoms with Crippen LogP contribution in [0.5, 0.6) is 0 Å². The Morgan fingerprint density at radius 1 is 1.29 bits per heavy atom. The lowest BCUT2D eigenvalue weighted by atomic mass is 10.2. The monoisotopic (exact) mass is 212 g/mol. The van der Waals surface area contributed by atoms with Gasteiger partial charge in [-0.15, -0.1) is 0 Å². The fourth-order valence-corrected chi connectivity index (χ4v) is 3.24. The van der Waals surface area contributed by atoms with Crippen molar-refractivity contribution >= 4 is 12.7 Å². The number of aryl methyl sites for hydroxylation is 1. The van der Waals surface area contributed by atoms with Crippen molar-refractivity contribution in [3.63, 3.8) is 0 Å². The van der Waals surface area contributed by atoms with E-state index >= 15 is 0 Å². The first kappa shape index (κ1) is 11.5. The first-order valence-corrected chi connectivity index (χ1v) is 6.65. The summed E-state index contributed by atoms with van der Waals surface area (Å²) in [5.74, 6) is 0. The van der Waals surface area contributed by atoms with E-state index in [1.54, 1.807) is 0 Å². The van der Waals surface area contributed by atoms with Crippen molar-refractivity contribution in [3.05, 3.63) is 29.8 Å². The molecular formula is C11H17O2P. The highest BCUT2D eigenvalue weighted by Crippen LogP contribution is 2.45. The molecule has 2 nitrogen and oxygen atoms in total. The molecule has 0 aliphatic rings. The first-order valence-electron chi connectivity index (χ1n) is 4.84. The van der Waals surface area contributed by atoms with E-state index in [2.05, 4.69) is 0 Å². The molecule has 0 aliphatic heterocycles. The molecule has 1 aromatic rings. The molecule has 1 aromatic carbocycles. The lowest BCUT2D eigenvalue weighted by molar-refractivity contribution is 0.402. The van der Waals surface area contributed by atoms with E-state index in [-0.39, 0.29) is 0 Å². The first-order chi connectivity index (χ1) is 6.62. The fraction of sp³-hybridized carbons (Fsp3) is 0.455. The van der Waals surface area contributed by atoms with Crippen molar-refractivity contribution in [2.24, 2.45) is 0 Å². The van der Waals surface area contributed by atoms with Crippen LogP contribution < -0.4 is 5.30 Å². The summed E-state index contributed by atoms with van der Waals surface area (Å²) in [7, 11) is -1.05. The summed E-state index contributed by atoms with van der Waals surface area (Å²) >= 11 is 0. The SMILES string of the molecule is CCCP(=O)(OC)c1ccc(C)cc1. The Kier molecular flexibility index (Phi) is 3.91. The van der Waals surface area contributed by atoms with Crippen molar-refractivity contribution in [2.45, 2.75) is 20.3 Å². The van der Waals surface area contributed by atoms with E-state index in [0.717, 1.165) is 11.7 Å². The van der Waals surface area contributed by atoms with Gasteiger partial charge in [0.15, 0.2) is 0 Å². The summed E-state index contributed by atoms with van der Waals surface area (Å²) in [5, 5.41) is 0.826. The highest BCUT2D eigenvalue weighted by atomic mass is 31.2. The molecule has 0 aromatic heterocycles. The Labute approximate surface area is 85.7 Å². The minimum absolute atomic E-state index is 0.618. The van der Waals surface area contributed by atoms with Gasteiger partial charge in [0, 0.05) is 18.6 Å². The molecule has 0 spiro atoms. The van der Waals surface area contributed by atoms with Gasteiger partial charge in [-0.25, -0.2) is 0 Å². The minimum atomic E-state index is -2.57. The summed E-state index contributed by atoms with van der Waals surface area (Å²) in [6.45, 7) is 4.03. The maximum absolute atomic E-state index is 12.3. The van der Waals surface area contributed by atoms with Crippen LogP contribution in [0.1, 0.15) is 18.9 Å². The van der Waals surface area contributed by atoms with Crippen molar-refractivity contribution in [1.82, 2.24) is 0 Å². The van der Waals surface area contributed by atoms with Gasteiger partial charge in [-0.1, -0.05) is 24.6 Å². The maximum atomic E-state index is 12.3. The van der Waals surface area contributed by atoms with Gasteiger partial charge in [-0.2, -0.15) is 0 Å². The third-order valence-electron chi connectivity index (χ3n) is 2.24. The van der Waals surface area contributed by atoms with Gasteiger partial charge in [-0.3, -0.25) is 4.57 Å². The van der Waals surface area contributed by atoms with Gasteiger partial charge in [0.2, 0.25) is 7.37 Å². The maximum Gasteiger partial charge on any atom is 0.231 e. The average molecular weight is 212 g/mol. The third-order valence-corrected chi connectivity index (χ3v) is 4.95. The molecule has 14 heavy (non-hydrogen) atoms. The number of hydrogen-bond donors (Lipinski definition) is 0. The Hall–Kier alpha value is -0.590. The van der Waals surface area contributed by atoms with Gasteiger partial charge >= 0.3 is 0 Å². The molecule has 0 fully saturated rings. The molecule has 0 amide bonds. The van der Waals surface area contributed by atoms with Crippen LogP contribution in [-0.4, -0.2) is 13.3 Å². The van der Waals surface area contributed by atoms with Gasteiger partial charge in [0.1, 0.15) is 0 Å². The Morgan fingerprint density at radius 2 is 1.86 bits per heavy atom. The van der Waals surface area contributed by atoms with Crippen molar-refractivity contribution in [3.8, 4) is 0 Å². The minimum Gasteiger partial charge on any atom is -0.329 e. The third kappa shape index (κ3) is 2.46. The zero-order chi connectivity index (χ0) is 10.6. The van der Waals surface area contributed by atoms with Crippen molar-refractivity contribution in [1.29, 1.82) is 0 Å². The number of hydrogen-bond acceptors (Lipinski definition) is 2. The molecule has 78 valence electrons. The van der Waals surface area contributed by atoms with Crippen LogP contribution in [0.3, 0.4) is 0 Å². The molecule has 1 atom stereocenters. The van der Waals surface area contributed by atoms with Gasteiger partial charge in [0.05, 0.1) is 0 Å². The average Bonchev–Trinajstić information content (AvgIpc) is 2.19. The van der Waals surface area contributed by atoms with Crippen LogP contribution in [0.25, 0.3) is 0 Å². The second-order valence-corrected chi connectivity index (χ2v) is 6.09. The summed E-state index contributed by atoms with van der Waals surface area (Å²) in [6.07, 6.45) is 1.49. The number of benzene rings is 1. The van der Waals surface area contributed by atoms with Crippen molar-refractivity contribution in [2.75, 3.05) is 13.3 Å². The molecule has 0 saturated heterocycles. The molecule has 0 heterocycles. The zero-order valence-electron chi connectivity index (χ0n) is 8.99. The van der Waals surface area contributed by atoms with Crippen LogP contribution in [0, 0.1) is 6.92 Å². The quantitative estimate of drug-likeness (QED) is 0.717. The van der Waals surface area contributed by atoms with Crippen LogP contribution in [-0.2, 0) is 9.09 Å². The Bertz CT molecular complexity index is 330. The van der Waals surface area contributed by atoms with E-state index in [1.807, 2.05) is 38.1 Å². The molecule has 1 rings (SSSR count). The molecule has 0 aliphatic carbocycles. The lowest BCUT2D eigenvalue weighted by Crippen LogP contribution is -2.08. The number of rotatable bonds is 4. The normalized spacial score (nSPS) is 15.1. The molecule has 0 saturated carbocycles. The van der Waals surface area contributed by atoms with E-state index < -0.39 is 7.37 Å². The Balaban J connectivity index is 3.00. The van der Waals surface area contributed by atoms with Crippen LogP contribution in [0.4, 0.5) is 0 Å². The van der Waals surface area contributed by atoms with Gasteiger partial charge in [0.25, 0.3) is 0 Å².